The van der Waals surface area contributed by atoms with Crippen molar-refractivity contribution >= 4 is 34.8 Å². The van der Waals surface area contributed by atoms with Crippen molar-refractivity contribution in [3.8, 4) is 17.2 Å². The molecular weight excluding hydrogens is 332 g/mol. The van der Waals surface area contributed by atoms with Crippen LogP contribution in [0.4, 0.5) is 11.5 Å². The van der Waals surface area contributed by atoms with Crippen molar-refractivity contribution in [3.05, 3.63) is 55.1 Å². The van der Waals surface area contributed by atoms with Crippen molar-refractivity contribution in [2.75, 3.05) is 5.73 Å². The first kappa shape index (κ1) is 15.3. The Bertz CT molecular complexity index is 1140. The maximum atomic E-state index is 12.3. The zero-order valence-electron chi connectivity index (χ0n) is 11.9. The number of nitriles is 1. The summed E-state index contributed by atoms with van der Waals surface area (Å²) < 4.78 is 0.0995. The number of benzene rings is 1. The van der Waals surface area contributed by atoms with Gasteiger partial charge in [0.25, 0.3) is 11.2 Å². The summed E-state index contributed by atoms with van der Waals surface area (Å²) in [7, 11) is 0. The van der Waals surface area contributed by atoms with E-state index >= 15 is 0 Å². The Morgan fingerprint density at radius 1 is 1.29 bits per heavy atom. The van der Waals surface area contributed by atoms with E-state index in [1.807, 2.05) is 6.07 Å². The molecule has 0 bridgehead atoms. The second-order valence-corrected chi connectivity index (χ2v) is 5.27. The second-order valence-electron chi connectivity index (χ2n) is 4.86. The van der Waals surface area contributed by atoms with Crippen LogP contribution in [0.2, 0.25) is 0 Å². The molecule has 0 saturated heterocycles. The van der Waals surface area contributed by atoms with Crippen LogP contribution in [-0.2, 0) is 0 Å². The Morgan fingerprint density at radius 2 is 1.96 bits per heavy atom. The van der Waals surface area contributed by atoms with Crippen molar-refractivity contribution in [1.82, 2.24) is 9.97 Å². The Morgan fingerprint density at radius 3 is 2.54 bits per heavy atom. The van der Waals surface area contributed by atoms with E-state index in [1.54, 1.807) is 0 Å². The number of hydrogen-bond acceptors (Lipinski definition) is 6. The van der Waals surface area contributed by atoms with E-state index in [2.05, 4.69) is 15.0 Å². The highest BCUT2D eigenvalue weighted by molar-refractivity contribution is 7.71. The van der Waals surface area contributed by atoms with Crippen molar-refractivity contribution in [2.45, 2.75) is 0 Å². The third-order valence-corrected chi connectivity index (χ3v) is 3.65. The van der Waals surface area contributed by atoms with Crippen molar-refractivity contribution in [1.29, 1.82) is 5.26 Å². The predicted octanol–water partition coefficient (Wildman–Crippen LogP) is 1.43. The number of nitrogens with zero attached hydrogens (tertiary/aromatic N) is 2. The smallest absolute Gasteiger partial charge is 0.269 e. The average molecular weight is 341 g/mol. The molecule has 0 fully saturated rings. The number of pyridine rings is 1. The molecule has 0 aliphatic carbocycles. The van der Waals surface area contributed by atoms with Crippen LogP contribution >= 0.6 is 12.2 Å². The SMILES string of the molecule is N#Cc1c(N)[nH+]c2[nH]c(=S)[nH]c(=O)c2c1-c1ccc([N+](=O)[O-])cc1. The zero-order valence-corrected chi connectivity index (χ0v) is 12.7. The Kier molecular flexibility index (Phi) is 3.55. The molecule has 0 aliphatic rings. The number of nitrogens with two attached hydrogens (primary N) is 1. The number of aromatic amines is 3. The van der Waals surface area contributed by atoms with E-state index < -0.39 is 10.5 Å². The van der Waals surface area contributed by atoms with E-state index in [9.17, 15) is 20.2 Å². The van der Waals surface area contributed by atoms with Crippen molar-refractivity contribution in [3.63, 3.8) is 0 Å². The minimum Gasteiger partial charge on any atom is -0.318 e. The molecule has 5 N–H and O–H groups in total. The molecule has 0 atom stereocenters. The minimum absolute atomic E-state index is 0.0506. The molecular formula is C14H9N6O3S+. The molecule has 0 amide bonds. The molecule has 3 rings (SSSR count). The zero-order chi connectivity index (χ0) is 17.4. The molecule has 2 heterocycles. The van der Waals surface area contributed by atoms with Gasteiger partial charge in [0.2, 0.25) is 16.2 Å². The molecule has 118 valence electrons. The van der Waals surface area contributed by atoms with Crippen LogP contribution in [0.15, 0.2) is 29.1 Å². The van der Waals surface area contributed by atoms with Crippen LogP contribution in [0.1, 0.15) is 5.56 Å². The number of H-pyrrole nitrogens is 3. The predicted molar refractivity (Wildman–Crippen MR) is 87.5 cm³/mol. The van der Waals surface area contributed by atoms with E-state index in [1.165, 1.54) is 24.3 Å². The summed E-state index contributed by atoms with van der Waals surface area (Å²) in [5.74, 6) is 0.0506. The number of nitro benzene ring substituents is 1. The van der Waals surface area contributed by atoms with Gasteiger partial charge in [-0.2, -0.15) is 5.26 Å². The van der Waals surface area contributed by atoms with Gasteiger partial charge in [-0.05, 0) is 29.9 Å². The number of nitrogen functional groups attached to an aromatic ring is 1. The van der Waals surface area contributed by atoms with Crippen molar-refractivity contribution in [2.24, 2.45) is 0 Å². The summed E-state index contributed by atoms with van der Waals surface area (Å²) in [6.45, 7) is 0. The number of anilines is 1. The van der Waals surface area contributed by atoms with Crippen LogP contribution in [-0.4, -0.2) is 14.9 Å². The van der Waals surface area contributed by atoms with E-state index in [0.717, 1.165) is 0 Å². The Labute approximate surface area is 138 Å². The molecule has 2 aromatic heterocycles. The van der Waals surface area contributed by atoms with Gasteiger partial charge in [0, 0.05) is 17.7 Å². The number of aromatic nitrogens is 3. The topological polar surface area (TPSA) is 156 Å². The lowest BCUT2D eigenvalue weighted by Crippen LogP contribution is -2.21. The van der Waals surface area contributed by atoms with Gasteiger partial charge in [-0.3, -0.25) is 19.9 Å². The highest BCUT2D eigenvalue weighted by Gasteiger charge is 2.21. The maximum Gasteiger partial charge on any atom is 0.269 e. The fourth-order valence-electron chi connectivity index (χ4n) is 2.43. The van der Waals surface area contributed by atoms with Crippen molar-refractivity contribution < 1.29 is 9.91 Å². The van der Waals surface area contributed by atoms with Crippen LogP contribution < -0.4 is 16.3 Å². The highest BCUT2D eigenvalue weighted by atomic mass is 32.1. The largest absolute Gasteiger partial charge is 0.318 e. The molecule has 0 saturated carbocycles. The first-order chi connectivity index (χ1) is 11.4. The molecule has 0 radical (unpaired) electrons. The number of nitrogens with one attached hydrogen (secondary N) is 3. The fraction of sp³-hybridized carbons (Fsp3) is 0. The van der Waals surface area contributed by atoms with Crippen LogP contribution in [0.3, 0.4) is 0 Å². The van der Waals surface area contributed by atoms with Gasteiger partial charge < -0.3 is 5.73 Å². The molecule has 9 nitrogen and oxygen atoms in total. The maximum absolute atomic E-state index is 12.3. The first-order valence-corrected chi connectivity index (χ1v) is 6.99. The monoisotopic (exact) mass is 341 g/mol. The van der Waals surface area contributed by atoms with E-state index in [-0.39, 0.29) is 38.4 Å². The van der Waals surface area contributed by atoms with Crippen LogP contribution in [0.5, 0.6) is 0 Å². The third-order valence-electron chi connectivity index (χ3n) is 3.45. The average Bonchev–Trinajstić information content (AvgIpc) is 2.53. The number of rotatable bonds is 2. The molecule has 10 heteroatoms. The summed E-state index contributed by atoms with van der Waals surface area (Å²) in [5, 5.41) is 20.3. The highest BCUT2D eigenvalue weighted by Crippen LogP contribution is 2.30. The lowest BCUT2D eigenvalue weighted by molar-refractivity contribution is -0.384. The Balaban J connectivity index is 2.45. The summed E-state index contributed by atoms with van der Waals surface area (Å²) in [4.78, 5) is 30.5. The molecule has 3 aromatic rings. The first-order valence-electron chi connectivity index (χ1n) is 6.58. The van der Waals surface area contributed by atoms with Gasteiger partial charge in [-0.25, -0.2) is 9.97 Å². The normalized spacial score (nSPS) is 10.5. The molecule has 0 aliphatic heterocycles. The van der Waals surface area contributed by atoms with Gasteiger partial charge >= 0.3 is 0 Å². The van der Waals surface area contributed by atoms with Crippen LogP contribution in [0.25, 0.3) is 22.2 Å². The van der Waals surface area contributed by atoms with E-state index in [4.69, 9.17) is 18.0 Å². The summed E-state index contributed by atoms with van der Waals surface area (Å²) in [6, 6.07) is 7.43. The molecule has 0 spiro atoms. The number of nitro groups is 1. The molecule has 24 heavy (non-hydrogen) atoms. The molecule has 1 aromatic carbocycles. The van der Waals surface area contributed by atoms with E-state index in [0.29, 0.717) is 5.56 Å². The standard InChI is InChI=1S/C14H8N6O3S/c15-5-8-9(6-1-3-7(4-2-6)20(22)23)10-12(17-11(8)16)18-14(24)19-13(10)21/h1-4H,(H4,16,17,18,19,21,24)/p+1. The minimum atomic E-state index is -0.537. The van der Waals surface area contributed by atoms with Crippen LogP contribution in [0, 0.1) is 26.2 Å². The third kappa shape index (κ3) is 2.38. The number of hydrogen-bond donors (Lipinski definition) is 3. The molecule has 0 unspecified atom stereocenters. The van der Waals surface area contributed by atoms with Gasteiger partial charge in [0.15, 0.2) is 0 Å². The van der Waals surface area contributed by atoms with Gasteiger partial charge in [0.05, 0.1) is 4.92 Å². The summed E-state index contributed by atoms with van der Waals surface area (Å²) >= 11 is 4.93. The Hall–Kier alpha value is -3.58. The quantitative estimate of drug-likeness (QED) is 0.363. The van der Waals surface area contributed by atoms with Gasteiger partial charge in [-0.1, -0.05) is 0 Å². The lowest BCUT2D eigenvalue weighted by atomic mass is 9.98. The number of fused-ring (bicyclic) bond motifs is 1. The van der Waals surface area contributed by atoms with Gasteiger partial charge in [-0.15, -0.1) is 0 Å². The lowest BCUT2D eigenvalue weighted by Gasteiger charge is -2.07. The summed E-state index contributed by atoms with van der Waals surface area (Å²) in [6.07, 6.45) is 0. The summed E-state index contributed by atoms with van der Waals surface area (Å²) in [5.41, 5.74) is 6.28. The van der Waals surface area contributed by atoms with Gasteiger partial charge in [0.1, 0.15) is 17.0 Å². The second kappa shape index (κ2) is 5.56. The fourth-order valence-corrected chi connectivity index (χ4v) is 2.62. The number of non-ortho nitro benzene ring substituents is 1.